The number of hydrogen-bond acceptors (Lipinski definition) is 0. The van der Waals surface area contributed by atoms with Gasteiger partial charge in [0.1, 0.15) is 6.04 Å². The summed E-state index contributed by atoms with van der Waals surface area (Å²) in [4.78, 5) is 0. The highest BCUT2D eigenvalue weighted by Crippen LogP contribution is 2.03. The predicted molar refractivity (Wildman–Crippen MR) is 59.5 cm³/mol. The molecule has 0 spiro atoms. The zero-order valence-corrected chi connectivity index (χ0v) is 10.3. The van der Waals surface area contributed by atoms with Crippen molar-refractivity contribution in [2.75, 3.05) is 48.8 Å². The van der Waals surface area contributed by atoms with Crippen molar-refractivity contribution in [3.63, 3.8) is 0 Å². The quantitative estimate of drug-likeness (QED) is 0.459. The van der Waals surface area contributed by atoms with Crippen LogP contribution in [0, 0.1) is 0 Å². The standard InChI is InChI=1S/C11H26N2/c1-11(13(5,6)7)9-8-10-12(2,3)4/h8-9,11H,10H2,1-7H3/q+2/b9-8-. The molecule has 78 valence electrons. The number of quaternary nitrogens is 2. The molecule has 1 unspecified atom stereocenters. The first-order valence-corrected chi connectivity index (χ1v) is 4.91. The molecule has 0 bridgehead atoms. The monoisotopic (exact) mass is 186 g/mol. The minimum Gasteiger partial charge on any atom is -0.328 e. The maximum Gasteiger partial charge on any atom is 0.104 e. The normalized spacial score (nSPS) is 16.5. The van der Waals surface area contributed by atoms with Gasteiger partial charge in [0.15, 0.2) is 0 Å². The second-order valence-electron chi connectivity index (χ2n) is 5.76. The van der Waals surface area contributed by atoms with Crippen molar-refractivity contribution < 1.29 is 8.97 Å². The van der Waals surface area contributed by atoms with Crippen LogP contribution in [0.5, 0.6) is 0 Å². The van der Waals surface area contributed by atoms with Crippen LogP contribution in [0.3, 0.4) is 0 Å². The molecular formula is C11H26N2+2. The average Bonchev–Trinajstić information content (AvgIpc) is 1.82. The van der Waals surface area contributed by atoms with Crippen LogP contribution in [0.4, 0.5) is 0 Å². The smallest absolute Gasteiger partial charge is 0.104 e. The fourth-order valence-corrected chi connectivity index (χ4v) is 0.832. The third kappa shape index (κ3) is 6.79. The summed E-state index contributed by atoms with van der Waals surface area (Å²) in [6.45, 7) is 3.36. The first kappa shape index (κ1) is 12.7. The Morgan fingerprint density at radius 2 is 1.46 bits per heavy atom. The van der Waals surface area contributed by atoms with E-state index in [0.29, 0.717) is 6.04 Å². The van der Waals surface area contributed by atoms with Gasteiger partial charge in [-0.3, -0.25) is 0 Å². The first-order chi connectivity index (χ1) is 5.63. The molecule has 0 fully saturated rings. The molecule has 0 aliphatic rings. The molecule has 0 aliphatic heterocycles. The maximum absolute atomic E-state index is 2.31. The summed E-state index contributed by atoms with van der Waals surface area (Å²) in [5, 5.41) is 0. The van der Waals surface area contributed by atoms with Crippen LogP contribution in [-0.4, -0.2) is 63.8 Å². The van der Waals surface area contributed by atoms with Gasteiger partial charge < -0.3 is 8.97 Å². The van der Waals surface area contributed by atoms with Crippen LogP contribution in [-0.2, 0) is 0 Å². The summed E-state index contributed by atoms with van der Waals surface area (Å²) in [7, 11) is 13.3. The van der Waals surface area contributed by atoms with Gasteiger partial charge in [0.2, 0.25) is 0 Å². The third-order valence-corrected chi connectivity index (χ3v) is 2.29. The fourth-order valence-electron chi connectivity index (χ4n) is 0.832. The highest BCUT2D eigenvalue weighted by Gasteiger charge is 2.14. The van der Waals surface area contributed by atoms with Crippen molar-refractivity contribution >= 4 is 0 Å². The van der Waals surface area contributed by atoms with Crippen molar-refractivity contribution in [3.05, 3.63) is 12.2 Å². The van der Waals surface area contributed by atoms with Crippen molar-refractivity contribution in [1.29, 1.82) is 0 Å². The molecule has 1 atom stereocenters. The lowest BCUT2D eigenvalue weighted by atomic mass is 10.2. The fraction of sp³-hybridized carbons (Fsp3) is 0.818. The Bertz CT molecular complexity index is 170. The van der Waals surface area contributed by atoms with Gasteiger partial charge in [-0.05, 0) is 19.1 Å². The topological polar surface area (TPSA) is 0 Å². The molecule has 0 saturated heterocycles. The second-order valence-corrected chi connectivity index (χ2v) is 5.76. The molecular weight excluding hydrogens is 160 g/mol. The number of hydrogen-bond donors (Lipinski definition) is 0. The molecule has 2 heteroatoms. The van der Waals surface area contributed by atoms with E-state index in [1.54, 1.807) is 0 Å². The predicted octanol–water partition coefficient (Wildman–Crippen LogP) is 1.34. The Kier molecular flexibility index (Phi) is 4.14. The summed E-state index contributed by atoms with van der Waals surface area (Å²) < 4.78 is 1.99. The zero-order chi connectivity index (χ0) is 10.7. The maximum atomic E-state index is 2.31. The van der Waals surface area contributed by atoms with Crippen LogP contribution < -0.4 is 0 Å². The minimum absolute atomic E-state index is 0.589. The van der Waals surface area contributed by atoms with Gasteiger partial charge in [-0.25, -0.2) is 0 Å². The molecule has 13 heavy (non-hydrogen) atoms. The molecule has 0 amide bonds. The largest absolute Gasteiger partial charge is 0.328 e. The van der Waals surface area contributed by atoms with Gasteiger partial charge in [0, 0.05) is 0 Å². The molecule has 0 aromatic carbocycles. The van der Waals surface area contributed by atoms with Gasteiger partial charge in [-0.15, -0.1) is 0 Å². The zero-order valence-electron chi connectivity index (χ0n) is 10.3. The molecule has 0 saturated carbocycles. The van der Waals surface area contributed by atoms with E-state index in [4.69, 9.17) is 0 Å². The molecule has 0 heterocycles. The van der Waals surface area contributed by atoms with Crippen LogP contribution >= 0.6 is 0 Å². The summed E-state index contributed by atoms with van der Waals surface area (Å²) >= 11 is 0. The van der Waals surface area contributed by atoms with Crippen molar-refractivity contribution in [1.82, 2.24) is 0 Å². The summed E-state index contributed by atoms with van der Waals surface area (Å²) in [6.07, 6.45) is 4.59. The number of rotatable bonds is 4. The van der Waals surface area contributed by atoms with Gasteiger partial charge in [-0.1, -0.05) is 0 Å². The van der Waals surface area contributed by atoms with Crippen LogP contribution in [0.15, 0.2) is 12.2 Å². The van der Waals surface area contributed by atoms with Gasteiger partial charge >= 0.3 is 0 Å². The first-order valence-electron chi connectivity index (χ1n) is 4.91. The molecule has 0 aliphatic carbocycles. The SMILES string of the molecule is CC(/C=C\C[N+](C)(C)C)[N+](C)(C)C. The summed E-state index contributed by atoms with van der Waals surface area (Å²) in [5.74, 6) is 0. The Labute approximate surface area is 83.6 Å². The molecule has 0 rings (SSSR count). The molecule has 0 aromatic rings. The Hall–Kier alpha value is -0.340. The lowest BCUT2D eigenvalue weighted by Gasteiger charge is -2.29. The molecule has 0 aromatic heterocycles. The molecule has 2 nitrogen and oxygen atoms in total. The van der Waals surface area contributed by atoms with Crippen molar-refractivity contribution in [2.24, 2.45) is 0 Å². The van der Waals surface area contributed by atoms with Crippen molar-refractivity contribution in [3.8, 4) is 0 Å². The molecule has 0 radical (unpaired) electrons. The Balaban J connectivity index is 4.00. The Morgan fingerprint density at radius 3 is 1.77 bits per heavy atom. The minimum atomic E-state index is 0.589. The van der Waals surface area contributed by atoms with E-state index in [9.17, 15) is 0 Å². The van der Waals surface area contributed by atoms with E-state index in [0.717, 1.165) is 15.5 Å². The average molecular weight is 186 g/mol. The van der Waals surface area contributed by atoms with E-state index < -0.39 is 0 Å². The lowest BCUT2D eigenvalue weighted by Crippen LogP contribution is -2.42. The van der Waals surface area contributed by atoms with Crippen LogP contribution in [0.2, 0.25) is 0 Å². The molecule has 0 N–H and O–H groups in total. The van der Waals surface area contributed by atoms with E-state index in [2.05, 4.69) is 61.4 Å². The third-order valence-electron chi connectivity index (χ3n) is 2.29. The van der Waals surface area contributed by atoms with Gasteiger partial charge in [0.25, 0.3) is 0 Å². The Morgan fingerprint density at radius 1 is 1.00 bits per heavy atom. The van der Waals surface area contributed by atoms with Gasteiger partial charge in [0.05, 0.1) is 48.8 Å². The highest BCUT2D eigenvalue weighted by atomic mass is 15.3. The van der Waals surface area contributed by atoms with Crippen molar-refractivity contribution in [2.45, 2.75) is 13.0 Å². The lowest BCUT2D eigenvalue weighted by molar-refractivity contribution is -0.887. The van der Waals surface area contributed by atoms with E-state index >= 15 is 0 Å². The van der Waals surface area contributed by atoms with Crippen LogP contribution in [0.1, 0.15) is 6.92 Å². The van der Waals surface area contributed by atoms with E-state index in [1.165, 1.54) is 0 Å². The summed E-state index contributed by atoms with van der Waals surface area (Å²) in [5.41, 5.74) is 0. The van der Waals surface area contributed by atoms with E-state index in [-0.39, 0.29) is 0 Å². The second kappa shape index (κ2) is 4.25. The van der Waals surface area contributed by atoms with E-state index in [1.807, 2.05) is 0 Å². The van der Waals surface area contributed by atoms with Gasteiger partial charge in [-0.2, -0.15) is 0 Å². The summed E-state index contributed by atoms with van der Waals surface area (Å²) in [6, 6.07) is 0.589. The highest BCUT2D eigenvalue weighted by molar-refractivity contribution is 4.87. The number of nitrogens with zero attached hydrogens (tertiary/aromatic N) is 2. The number of likely N-dealkylation sites (N-methyl/N-ethyl adjacent to an activating group) is 2. The van der Waals surface area contributed by atoms with Crippen LogP contribution in [0.25, 0.3) is 0 Å².